The van der Waals surface area contributed by atoms with Crippen molar-refractivity contribution in [3.05, 3.63) is 29.8 Å². The van der Waals surface area contributed by atoms with Crippen LogP contribution in [-0.4, -0.2) is 48.8 Å². The first-order valence-electron chi connectivity index (χ1n) is 6.73. The van der Waals surface area contributed by atoms with Crippen LogP contribution in [0.1, 0.15) is 18.9 Å². The maximum atomic E-state index is 9.54. The number of nitrogens with zero attached hydrogens (tertiary/aromatic N) is 3. The van der Waals surface area contributed by atoms with Crippen LogP contribution < -0.4 is 4.90 Å². The Balaban J connectivity index is 2.17. The minimum absolute atomic E-state index is 0.160. The number of rotatable bonds is 2. The van der Waals surface area contributed by atoms with Gasteiger partial charge >= 0.3 is 0 Å². The summed E-state index contributed by atoms with van der Waals surface area (Å²) in [4.78, 5) is 4.55. The third-order valence-corrected chi connectivity index (χ3v) is 4.09. The number of aliphatic hydroxyl groups excluding tert-OH is 1. The molecule has 0 radical (unpaired) electrons. The number of likely N-dealkylation sites (N-methyl/N-ethyl adjacent to an activating group) is 1. The standard InChI is InChI=1S/C15H21N3O/c1-12-7-8-18(10-15(11-19)17(12)2)14-5-3-13(9-16)4-6-14/h3-6,12,15,19H,7-8,10-11H2,1-2H3. The van der Waals surface area contributed by atoms with Crippen molar-refractivity contribution >= 4 is 5.69 Å². The van der Waals surface area contributed by atoms with E-state index in [0.717, 1.165) is 25.2 Å². The van der Waals surface area contributed by atoms with E-state index in [2.05, 4.69) is 29.8 Å². The molecule has 1 aromatic carbocycles. The first kappa shape index (κ1) is 13.9. The monoisotopic (exact) mass is 259 g/mol. The topological polar surface area (TPSA) is 50.5 Å². The Kier molecular flexibility index (Phi) is 4.41. The van der Waals surface area contributed by atoms with Gasteiger partial charge in [-0.15, -0.1) is 0 Å². The maximum Gasteiger partial charge on any atom is 0.0991 e. The Hall–Kier alpha value is -1.57. The van der Waals surface area contributed by atoms with Gasteiger partial charge in [-0.05, 0) is 44.7 Å². The van der Waals surface area contributed by atoms with Gasteiger partial charge in [-0.3, -0.25) is 4.90 Å². The smallest absolute Gasteiger partial charge is 0.0991 e. The second kappa shape index (κ2) is 6.05. The molecule has 0 spiro atoms. The molecule has 0 aromatic heterocycles. The third kappa shape index (κ3) is 3.06. The molecule has 0 amide bonds. The minimum Gasteiger partial charge on any atom is -0.395 e. The quantitative estimate of drug-likeness (QED) is 0.873. The van der Waals surface area contributed by atoms with Crippen LogP contribution in [0.5, 0.6) is 0 Å². The highest BCUT2D eigenvalue weighted by Crippen LogP contribution is 2.21. The predicted molar refractivity (Wildman–Crippen MR) is 76.1 cm³/mol. The van der Waals surface area contributed by atoms with Crippen molar-refractivity contribution < 1.29 is 5.11 Å². The van der Waals surface area contributed by atoms with E-state index in [9.17, 15) is 5.11 Å². The number of nitriles is 1. The van der Waals surface area contributed by atoms with Gasteiger partial charge in [-0.25, -0.2) is 0 Å². The molecule has 2 atom stereocenters. The molecule has 1 aliphatic rings. The molecule has 102 valence electrons. The molecule has 19 heavy (non-hydrogen) atoms. The highest BCUT2D eigenvalue weighted by atomic mass is 16.3. The van der Waals surface area contributed by atoms with Gasteiger partial charge in [0.1, 0.15) is 0 Å². The molecule has 0 saturated carbocycles. The van der Waals surface area contributed by atoms with E-state index in [1.165, 1.54) is 0 Å². The zero-order chi connectivity index (χ0) is 13.8. The van der Waals surface area contributed by atoms with Crippen molar-refractivity contribution in [2.24, 2.45) is 0 Å². The molecule has 1 aliphatic heterocycles. The van der Waals surface area contributed by atoms with Crippen LogP contribution in [0.3, 0.4) is 0 Å². The van der Waals surface area contributed by atoms with E-state index < -0.39 is 0 Å². The van der Waals surface area contributed by atoms with Gasteiger partial charge in [0.2, 0.25) is 0 Å². The van der Waals surface area contributed by atoms with Crippen LogP contribution in [0.2, 0.25) is 0 Å². The number of hydrogen-bond acceptors (Lipinski definition) is 4. The van der Waals surface area contributed by atoms with Crippen molar-refractivity contribution in [3.63, 3.8) is 0 Å². The zero-order valence-corrected chi connectivity index (χ0v) is 11.6. The largest absolute Gasteiger partial charge is 0.395 e. The Labute approximate surface area is 114 Å². The number of aliphatic hydroxyl groups is 1. The summed E-state index contributed by atoms with van der Waals surface area (Å²) in [6, 6.07) is 10.4. The SMILES string of the molecule is CC1CCN(c2ccc(C#N)cc2)CC(CO)N1C. The molecule has 1 fully saturated rings. The summed E-state index contributed by atoms with van der Waals surface area (Å²) in [6.45, 7) is 4.18. The highest BCUT2D eigenvalue weighted by molar-refractivity contribution is 5.50. The Morgan fingerprint density at radius 1 is 1.37 bits per heavy atom. The van der Waals surface area contributed by atoms with Crippen LogP contribution in [0.15, 0.2) is 24.3 Å². The van der Waals surface area contributed by atoms with Crippen molar-refractivity contribution in [2.75, 3.05) is 31.6 Å². The van der Waals surface area contributed by atoms with E-state index in [4.69, 9.17) is 5.26 Å². The summed E-state index contributed by atoms with van der Waals surface area (Å²) in [5.74, 6) is 0. The van der Waals surface area contributed by atoms with Crippen LogP contribution in [-0.2, 0) is 0 Å². The summed E-state index contributed by atoms with van der Waals surface area (Å²) < 4.78 is 0. The zero-order valence-electron chi connectivity index (χ0n) is 11.6. The molecule has 2 unspecified atom stereocenters. The molecule has 1 heterocycles. The van der Waals surface area contributed by atoms with E-state index in [1.54, 1.807) is 0 Å². The van der Waals surface area contributed by atoms with Gasteiger partial charge in [0, 0.05) is 24.8 Å². The Bertz CT molecular complexity index is 451. The first-order chi connectivity index (χ1) is 9.15. The summed E-state index contributed by atoms with van der Waals surface area (Å²) >= 11 is 0. The Morgan fingerprint density at radius 3 is 2.63 bits per heavy atom. The van der Waals surface area contributed by atoms with Gasteiger partial charge < -0.3 is 10.0 Å². The van der Waals surface area contributed by atoms with E-state index in [1.807, 2.05) is 24.3 Å². The summed E-state index contributed by atoms with van der Waals surface area (Å²) in [7, 11) is 2.08. The molecule has 2 rings (SSSR count). The predicted octanol–water partition coefficient (Wildman–Crippen LogP) is 1.45. The minimum atomic E-state index is 0.160. The highest BCUT2D eigenvalue weighted by Gasteiger charge is 2.26. The van der Waals surface area contributed by atoms with Crippen molar-refractivity contribution in [2.45, 2.75) is 25.4 Å². The fraction of sp³-hybridized carbons (Fsp3) is 0.533. The molecule has 1 aromatic rings. The lowest BCUT2D eigenvalue weighted by molar-refractivity contribution is 0.127. The second-order valence-electron chi connectivity index (χ2n) is 5.24. The summed E-state index contributed by atoms with van der Waals surface area (Å²) in [5, 5.41) is 18.4. The van der Waals surface area contributed by atoms with Crippen molar-refractivity contribution in [1.29, 1.82) is 5.26 Å². The molecular weight excluding hydrogens is 238 g/mol. The summed E-state index contributed by atoms with van der Waals surface area (Å²) in [5.41, 5.74) is 1.81. The van der Waals surface area contributed by atoms with Gasteiger partial charge in [0.25, 0.3) is 0 Å². The normalized spacial score (nSPS) is 24.8. The molecule has 1 N–H and O–H groups in total. The Morgan fingerprint density at radius 2 is 2.05 bits per heavy atom. The lowest BCUT2D eigenvalue weighted by atomic mass is 10.2. The van der Waals surface area contributed by atoms with E-state index >= 15 is 0 Å². The molecule has 4 heteroatoms. The molecule has 0 bridgehead atoms. The van der Waals surface area contributed by atoms with E-state index in [0.29, 0.717) is 11.6 Å². The third-order valence-electron chi connectivity index (χ3n) is 4.09. The van der Waals surface area contributed by atoms with Crippen LogP contribution >= 0.6 is 0 Å². The summed E-state index contributed by atoms with van der Waals surface area (Å²) in [6.07, 6.45) is 1.08. The lowest BCUT2D eigenvalue weighted by Gasteiger charge is -2.30. The van der Waals surface area contributed by atoms with Gasteiger partial charge in [-0.1, -0.05) is 0 Å². The van der Waals surface area contributed by atoms with E-state index in [-0.39, 0.29) is 12.6 Å². The van der Waals surface area contributed by atoms with Crippen molar-refractivity contribution in [3.8, 4) is 6.07 Å². The lowest BCUT2D eigenvalue weighted by Crippen LogP contribution is -2.44. The molecular formula is C15H21N3O. The first-order valence-corrected chi connectivity index (χ1v) is 6.73. The van der Waals surface area contributed by atoms with Gasteiger partial charge in [0.05, 0.1) is 24.3 Å². The van der Waals surface area contributed by atoms with Gasteiger partial charge in [0.15, 0.2) is 0 Å². The number of benzene rings is 1. The van der Waals surface area contributed by atoms with Crippen LogP contribution in [0, 0.1) is 11.3 Å². The maximum absolute atomic E-state index is 9.54. The van der Waals surface area contributed by atoms with Crippen LogP contribution in [0.4, 0.5) is 5.69 Å². The fourth-order valence-electron chi connectivity index (χ4n) is 2.55. The molecule has 4 nitrogen and oxygen atoms in total. The number of hydrogen-bond donors (Lipinski definition) is 1. The average molecular weight is 259 g/mol. The molecule has 0 aliphatic carbocycles. The fourth-order valence-corrected chi connectivity index (χ4v) is 2.55. The van der Waals surface area contributed by atoms with Gasteiger partial charge in [-0.2, -0.15) is 5.26 Å². The second-order valence-corrected chi connectivity index (χ2v) is 5.24. The molecule has 1 saturated heterocycles. The van der Waals surface area contributed by atoms with Crippen molar-refractivity contribution in [1.82, 2.24) is 4.90 Å². The average Bonchev–Trinajstić information content (AvgIpc) is 2.60. The number of anilines is 1. The van der Waals surface area contributed by atoms with Crippen LogP contribution in [0.25, 0.3) is 0 Å².